The molecule has 0 aliphatic carbocycles. The number of carbonyl (C=O) groups excluding carboxylic acids is 2. The van der Waals surface area contributed by atoms with Gasteiger partial charge in [-0.05, 0) is 12.3 Å². The lowest BCUT2D eigenvalue weighted by atomic mass is 10.2. The van der Waals surface area contributed by atoms with Crippen LogP contribution in [-0.4, -0.2) is 53.4 Å². The number of nitrogens with zero attached hydrogens (tertiary/aromatic N) is 1. The van der Waals surface area contributed by atoms with E-state index in [9.17, 15) is 14.2 Å². The van der Waals surface area contributed by atoms with Crippen molar-refractivity contribution in [2.24, 2.45) is 5.92 Å². The summed E-state index contributed by atoms with van der Waals surface area (Å²) >= 11 is 0. The van der Waals surface area contributed by atoms with Crippen LogP contribution in [0.5, 0.6) is 0 Å². The highest BCUT2D eigenvalue weighted by Crippen LogP contribution is 2.35. The first-order valence-electron chi connectivity index (χ1n) is 6.21. The second-order valence-electron chi connectivity index (χ2n) is 4.75. The van der Waals surface area contributed by atoms with Gasteiger partial charge in [0.15, 0.2) is 0 Å². The van der Waals surface area contributed by atoms with Crippen LogP contribution in [0.4, 0.5) is 0 Å². The lowest BCUT2D eigenvalue weighted by Crippen LogP contribution is -2.33. The van der Waals surface area contributed by atoms with Gasteiger partial charge in [-0.2, -0.15) is 0 Å². The van der Waals surface area contributed by atoms with Gasteiger partial charge >= 0.3 is 13.8 Å². The Morgan fingerprint density at radius 2 is 1.90 bits per heavy atom. The number of amides is 1. The van der Waals surface area contributed by atoms with Crippen molar-refractivity contribution in [2.45, 2.75) is 26.7 Å². The second-order valence-corrected chi connectivity index (χ2v) is 5.99. The number of ether oxygens (including phenoxy) is 1. The van der Waals surface area contributed by atoms with Crippen molar-refractivity contribution in [1.82, 2.24) is 4.90 Å². The third-order valence-corrected chi connectivity index (χ3v) is 2.68. The van der Waals surface area contributed by atoms with Crippen LogP contribution in [-0.2, 0) is 23.4 Å². The number of phosphoric ester groups is 1. The van der Waals surface area contributed by atoms with Crippen LogP contribution in [0.25, 0.3) is 0 Å². The summed E-state index contributed by atoms with van der Waals surface area (Å²) in [5, 5.41) is 0. The molecule has 0 aromatic carbocycles. The molecule has 0 atom stereocenters. The highest BCUT2D eigenvalue weighted by molar-refractivity contribution is 7.46. The third kappa shape index (κ3) is 10.9. The number of hydrogen-bond donors (Lipinski definition) is 2. The predicted octanol–water partition coefficient (Wildman–Crippen LogP) is 0.534. The average Bonchev–Trinajstić information content (AvgIpc) is 2.30. The minimum Gasteiger partial charge on any atom is -0.464 e. The summed E-state index contributed by atoms with van der Waals surface area (Å²) in [6.45, 7) is 3.75. The summed E-state index contributed by atoms with van der Waals surface area (Å²) in [4.78, 5) is 41.1. The van der Waals surface area contributed by atoms with Gasteiger partial charge in [0, 0.05) is 13.5 Å². The summed E-state index contributed by atoms with van der Waals surface area (Å²) < 4.78 is 19.5. The standard InChI is InChI=1S/C11H22NO7P/c1-9(2)8-18-11(14)7-12(3)10(13)5-4-6-19-20(15,16)17/h9H,4-8H2,1-3H3,(H2,15,16,17). The summed E-state index contributed by atoms with van der Waals surface area (Å²) in [5.41, 5.74) is 0. The van der Waals surface area contributed by atoms with E-state index < -0.39 is 13.8 Å². The highest BCUT2D eigenvalue weighted by atomic mass is 31.2. The van der Waals surface area contributed by atoms with E-state index in [4.69, 9.17) is 14.5 Å². The Hall–Kier alpha value is -0.950. The summed E-state index contributed by atoms with van der Waals surface area (Å²) in [7, 11) is -3.03. The SMILES string of the molecule is CC(C)COC(=O)CN(C)C(=O)CCCOP(=O)(O)O. The fourth-order valence-electron chi connectivity index (χ4n) is 1.18. The van der Waals surface area contributed by atoms with Crippen LogP contribution in [0.3, 0.4) is 0 Å². The van der Waals surface area contributed by atoms with E-state index in [0.717, 1.165) is 0 Å². The van der Waals surface area contributed by atoms with Gasteiger partial charge in [-0.1, -0.05) is 13.8 Å². The van der Waals surface area contributed by atoms with Crippen molar-refractivity contribution in [2.75, 3.05) is 26.8 Å². The van der Waals surface area contributed by atoms with E-state index in [2.05, 4.69) is 4.52 Å². The van der Waals surface area contributed by atoms with Gasteiger partial charge in [-0.25, -0.2) is 4.57 Å². The molecular weight excluding hydrogens is 289 g/mol. The molecule has 0 saturated carbocycles. The minimum atomic E-state index is -4.49. The number of likely N-dealkylation sites (N-methyl/N-ethyl adjacent to an activating group) is 1. The summed E-state index contributed by atoms with van der Waals surface area (Å²) in [6, 6.07) is 0. The van der Waals surface area contributed by atoms with Crippen molar-refractivity contribution in [1.29, 1.82) is 0 Å². The third-order valence-electron chi connectivity index (χ3n) is 2.16. The van der Waals surface area contributed by atoms with Gasteiger partial charge in [0.2, 0.25) is 5.91 Å². The zero-order valence-electron chi connectivity index (χ0n) is 11.9. The number of carbonyl (C=O) groups is 2. The summed E-state index contributed by atoms with van der Waals surface area (Å²) in [6.07, 6.45) is 0.198. The van der Waals surface area contributed by atoms with Gasteiger partial charge in [-0.15, -0.1) is 0 Å². The molecule has 8 nitrogen and oxygen atoms in total. The fourth-order valence-corrected chi connectivity index (χ4v) is 1.55. The van der Waals surface area contributed by atoms with Crippen molar-refractivity contribution >= 4 is 19.7 Å². The fraction of sp³-hybridized carbons (Fsp3) is 0.818. The molecule has 118 valence electrons. The molecule has 9 heteroatoms. The molecule has 0 aromatic rings. The first kappa shape index (κ1) is 19.1. The van der Waals surface area contributed by atoms with E-state index in [0.29, 0.717) is 6.61 Å². The van der Waals surface area contributed by atoms with Crippen LogP contribution in [0.2, 0.25) is 0 Å². The maximum Gasteiger partial charge on any atom is 0.469 e. The lowest BCUT2D eigenvalue weighted by molar-refractivity contribution is -0.149. The van der Waals surface area contributed by atoms with Gasteiger partial charge in [0.05, 0.1) is 13.2 Å². The van der Waals surface area contributed by atoms with Gasteiger partial charge in [0.1, 0.15) is 6.54 Å². The van der Waals surface area contributed by atoms with Crippen LogP contribution in [0, 0.1) is 5.92 Å². The normalized spacial score (nSPS) is 11.5. The van der Waals surface area contributed by atoms with Crippen LogP contribution in [0.15, 0.2) is 0 Å². The monoisotopic (exact) mass is 311 g/mol. The Morgan fingerprint density at radius 3 is 2.40 bits per heavy atom. The molecule has 0 radical (unpaired) electrons. The van der Waals surface area contributed by atoms with Crippen LogP contribution < -0.4 is 0 Å². The molecule has 0 saturated heterocycles. The molecule has 0 rings (SSSR count). The quantitative estimate of drug-likeness (QED) is 0.363. The Bertz CT molecular complexity index is 366. The molecule has 0 unspecified atom stereocenters. The van der Waals surface area contributed by atoms with Crippen molar-refractivity contribution in [3.63, 3.8) is 0 Å². The molecule has 0 bridgehead atoms. The molecule has 0 aliphatic rings. The number of phosphoric acid groups is 1. The number of esters is 1. The Balaban J connectivity index is 3.86. The maximum atomic E-state index is 11.6. The predicted molar refractivity (Wildman–Crippen MR) is 70.7 cm³/mol. The minimum absolute atomic E-state index is 0.0357. The molecule has 0 aliphatic heterocycles. The van der Waals surface area contributed by atoms with Gasteiger partial charge < -0.3 is 19.4 Å². The molecular formula is C11H22NO7P. The molecule has 0 heterocycles. The first-order chi connectivity index (χ1) is 9.11. The number of hydrogen-bond acceptors (Lipinski definition) is 5. The van der Waals surface area contributed by atoms with E-state index in [1.165, 1.54) is 11.9 Å². The van der Waals surface area contributed by atoms with Crippen LogP contribution in [0.1, 0.15) is 26.7 Å². The summed E-state index contributed by atoms with van der Waals surface area (Å²) in [5.74, 6) is -0.577. The smallest absolute Gasteiger partial charge is 0.464 e. The zero-order chi connectivity index (χ0) is 15.8. The Morgan fingerprint density at radius 1 is 1.30 bits per heavy atom. The molecule has 20 heavy (non-hydrogen) atoms. The average molecular weight is 311 g/mol. The van der Waals surface area contributed by atoms with E-state index in [1.54, 1.807) is 0 Å². The maximum absolute atomic E-state index is 11.6. The van der Waals surface area contributed by atoms with Crippen molar-refractivity contribution in [3.05, 3.63) is 0 Å². The Labute approximate surface area is 118 Å². The van der Waals surface area contributed by atoms with Gasteiger partial charge in [-0.3, -0.25) is 14.1 Å². The topological polar surface area (TPSA) is 113 Å². The lowest BCUT2D eigenvalue weighted by Gasteiger charge is -2.16. The van der Waals surface area contributed by atoms with Crippen molar-refractivity contribution in [3.8, 4) is 0 Å². The highest BCUT2D eigenvalue weighted by Gasteiger charge is 2.16. The zero-order valence-corrected chi connectivity index (χ0v) is 12.8. The molecule has 0 fully saturated rings. The molecule has 0 spiro atoms. The van der Waals surface area contributed by atoms with E-state index in [-0.39, 0.29) is 37.8 Å². The van der Waals surface area contributed by atoms with Gasteiger partial charge in [0.25, 0.3) is 0 Å². The number of rotatable bonds is 9. The molecule has 0 aromatic heterocycles. The molecule has 2 N–H and O–H groups in total. The first-order valence-corrected chi connectivity index (χ1v) is 7.74. The van der Waals surface area contributed by atoms with E-state index in [1.807, 2.05) is 13.8 Å². The Kier molecular flexibility index (Phi) is 8.64. The van der Waals surface area contributed by atoms with Crippen LogP contribution >= 0.6 is 7.82 Å². The van der Waals surface area contributed by atoms with Crippen molar-refractivity contribution < 1.29 is 33.2 Å². The largest absolute Gasteiger partial charge is 0.469 e. The second kappa shape index (κ2) is 9.07. The molecule has 1 amide bonds. The van der Waals surface area contributed by atoms with E-state index >= 15 is 0 Å².